The summed E-state index contributed by atoms with van der Waals surface area (Å²) in [7, 11) is 3.79. The predicted octanol–water partition coefficient (Wildman–Crippen LogP) is 0.680. The molecule has 0 radical (unpaired) electrons. The molecule has 25 heavy (non-hydrogen) atoms. The van der Waals surface area contributed by atoms with Crippen LogP contribution in [-0.4, -0.2) is 25.1 Å². The number of ether oxygens (including phenoxy) is 1. The number of hydrogen-bond acceptors (Lipinski definition) is 2. The highest BCUT2D eigenvalue weighted by molar-refractivity contribution is 5.70. The van der Waals surface area contributed by atoms with Crippen molar-refractivity contribution in [2.45, 2.75) is 25.8 Å². The van der Waals surface area contributed by atoms with Gasteiger partial charge in [-0.05, 0) is 49.2 Å². The molecule has 1 saturated heterocycles. The number of hydrogen-bond donors (Lipinski definition) is 0. The van der Waals surface area contributed by atoms with E-state index in [9.17, 15) is 0 Å². The lowest BCUT2D eigenvalue weighted by atomic mass is 10.1. The van der Waals surface area contributed by atoms with Gasteiger partial charge in [-0.15, -0.1) is 0 Å². The van der Waals surface area contributed by atoms with Crippen LogP contribution in [0.1, 0.15) is 36.0 Å². The van der Waals surface area contributed by atoms with Gasteiger partial charge in [0.05, 0.1) is 7.11 Å². The largest absolute Gasteiger partial charge is 1.00 e. The Balaban J connectivity index is 0.00000225. The summed E-state index contributed by atoms with van der Waals surface area (Å²) in [5.74, 6) is 0.990. The van der Waals surface area contributed by atoms with Gasteiger partial charge in [-0.2, -0.15) is 0 Å². The number of aryl methyl sites for hydroxylation is 1. The van der Waals surface area contributed by atoms with E-state index >= 15 is 0 Å². The van der Waals surface area contributed by atoms with E-state index < -0.39 is 0 Å². The van der Waals surface area contributed by atoms with Crippen LogP contribution in [0.3, 0.4) is 0 Å². The molecule has 0 spiro atoms. The van der Waals surface area contributed by atoms with Crippen molar-refractivity contribution in [3.8, 4) is 5.75 Å². The number of benzene rings is 1. The molecule has 1 aromatic heterocycles. The molecular formula is C21H27IN2O. The summed E-state index contributed by atoms with van der Waals surface area (Å²) in [6, 6.07) is 10.7. The highest BCUT2D eigenvalue weighted by atomic mass is 127. The number of halogens is 1. The van der Waals surface area contributed by atoms with E-state index in [0.717, 1.165) is 12.3 Å². The summed E-state index contributed by atoms with van der Waals surface area (Å²) in [6.45, 7) is 3.38. The van der Waals surface area contributed by atoms with E-state index in [1.165, 1.54) is 49.0 Å². The SMILES string of the molecule is COc1ccc(/C=C/c2cc[n+](C)cc2)cc1CN1CCCCC1.[I-]. The molecule has 0 N–H and O–H groups in total. The molecule has 1 fully saturated rings. The molecule has 2 heterocycles. The maximum absolute atomic E-state index is 5.56. The Labute approximate surface area is 168 Å². The van der Waals surface area contributed by atoms with Gasteiger partial charge in [0, 0.05) is 24.2 Å². The van der Waals surface area contributed by atoms with Crippen LogP contribution >= 0.6 is 0 Å². The maximum Gasteiger partial charge on any atom is 0.169 e. The van der Waals surface area contributed by atoms with Crippen LogP contribution in [0, 0.1) is 0 Å². The lowest BCUT2D eigenvalue weighted by Gasteiger charge is -2.27. The second kappa shape index (κ2) is 9.92. The van der Waals surface area contributed by atoms with Gasteiger partial charge in [0.2, 0.25) is 0 Å². The minimum Gasteiger partial charge on any atom is -1.00 e. The molecule has 0 aliphatic carbocycles. The zero-order chi connectivity index (χ0) is 16.8. The van der Waals surface area contributed by atoms with E-state index in [1.807, 2.05) is 11.6 Å². The Bertz CT molecular complexity index is 692. The fourth-order valence-electron chi connectivity index (χ4n) is 3.20. The molecule has 3 rings (SSSR count). The zero-order valence-corrected chi connectivity index (χ0v) is 17.3. The highest BCUT2D eigenvalue weighted by Gasteiger charge is 2.13. The first-order chi connectivity index (χ1) is 11.7. The van der Waals surface area contributed by atoms with Crippen molar-refractivity contribution in [2.24, 2.45) is 7.05 Å². The van der Waals surface area contributed by atoms with Gasteiger partial charge in [-0.3, -0.25) is 4.90 Å². The second-order valence-corrected chi connectivity index (χ2v) is 6.54. The lowest BCUT2D eigenvalue weighted by Crippen LogP contribution is -3.00. The third-order valence-corrected chi connectivity index (χ3v) is 4.62. The zero-order valence-electron chi connectivity index (χ0n) is 15.1. The molecule has 0 bridgehead atoms. The van der Waals surface area contributed by atoms with Crippen molar-refractivity contribution in [1.29, 1.82) is 0 Å². The Hall–Kier alpha value is -1.40. The Morgan fingerprint density at radius 2 is 1.68 bits per heavy atom. The molecule has 0 saturated carbocycles. The third kappa shape index (κ3) is 5.82. The number of aromatic nitrogens is 1. The summed E-state index contributed by atoms with van der Waals surface area (Å²) in [5, 5.41) is 0. The summed E-state index contributed by atoms with van der Waals surface area (Å²) in [6.07, 6.45) is 12.5. The van der Waals surface area contributed by atoms with Crippen LogP contribution in [0.5, 0.6) is 5.75 Å². The van der Waals surface area contributed by atoms with Gasteiger partial charge in [0.1, 0.15) is 12.8 Å². The summed E-state index contributed by atoms with van der Waals surface area (Å²) >= 11 is 0. The van der Waals surface area contributed by atoms with Crippen molar-refractivity contribution < 1.29 is 33.3 Å². The molecule has 134 valence electrons. The Morgan fingerprint density at radius 3 is 2.36 bits per heavy atom. The Morgan fingerprint density at radius 1 is 1.00 bits per heavy atom. The van der Waals surface area contributed by atoms with E-state index in [1.54, 1.807) is 7.11 Å². The van der Waals surface area contributed by atoms with Gasteiger partial charge in [-0.25, -0.2) is 4.57 Å². The van der Waals surface area contributed by atoms with Crippen LogP contribution in [0.2, 0.25) is 0 Å². The van der Waals surface area contributed by atoms with Crippen molar-refractivity contribution >= 4 is 12.2 Å². The van der Waals surface area contributed by atoms with Gasteiger partial charge in [0.25, 0.3) is 0 Å². The van der Waals surface area contributed by atoms with Gasteiger partial charge in [0.15, 0.2) is 12.4 Å². The molecule has 0 amide bonds. The van der Waals surface area contributed by atoms with Gasteiger partial charge < -0.3 is 28.7 Å². The van der Waals surface area contributed by atoms with Gasteiger partial charge in [-0.1, -0.05) is 24.6 Å². The predicted molar refractivity (Wildman–Crippen MR) is 98.7 cm³/mol. The third-order valence-electron chi connectivity index (χ3n) is 4.62. The fourth-order valence-corrected chi connectivity index (χ4v) is 3.20. The molecule has 4 heteroatoms. The number of pyridine rings is 1. The number of likely N-dealkylation sites (tertiary alicyclic amines) is 1. The number of piperidine rings is 1. The molecule has 0 unspecified atom stereocenters. The van der Waals surface area contributed by atoms with Crippen LogP contribution in [-0.2, 0) is 13.6 Å². The average molecular weight is 450 g/mol. The number of methoxy groups -OCH3 is 1. The van der Waals surface area contributed by atoms with Gasteiger partial charge >= 0.3 is 0 Å². The smallest absolute Gasteiger partial charge is 0.169 e. The topological polar surface area (TPSA) is 16.4 Å². The molecular weight excluding hydrogens is 423 g/mol. The number of nitrogens with zero attached hydrogens (tertiary/aromatic N) is 2. The molecule has 1 aliphatic heterocycles. The van der Waals surface area contributed by atoms with Crippen LogP contribution < -0.4 is 33.3 Å². The summed E-state index contributed by atoms with van der Waals surface area (Å²) < 4.78 is 7.61. The Kier molecular flexibility index (Phi) is 7.90. The van der Waals surface area contributed by atoms with E-state index in [0.29, 0.717) is 0 Å². The van der Waals surface area contributed by atoms with Crippen molar-refractivity contribution in [3.05, 3.63) is 59.4 Å². The quantitative estimate of drug-likeness (QED) is 0.492. The lowest BCUT2D eigenvalue weighted by molar-refractivity contribution is -0.671. The normalized spacial score (nSPS) is 15.1. The standard InChI is InChI=1S/C21H27N2O.HI/c1-22-14-10-18(11-15-22)6-7-19-8-9-21(24-2)20(16-19)17-23-12-4-3-5-13-23;/h6-11,14-16H,3-5,12-13,17H2,1-2H3;1H/q+1;/p-1/b7-6+;. The monoisotopic (exact) mass is 450 g/mol. The number of rotatable bonds is 5. The highest BCUT2D eigenvalue weighted by Crippen LogP contribution is 2.24. The first-order valence-corrected chi connectivity index (χ1v) is 8.77. The minimum absolute atomic E-state index is 0. The first kappa shape index (κ1) is 19.9. The van der Waals surface area contributed by atoms with Crippen molar-refractivity contribution in [3.63, 3.8) is 0 Å². The van der Waals surface area contributed by atoms with Crippen molar-refractivity contribution in [1.82, 2.24) is 4.90 Å². The molecule has 3 nitrogen and oxygen atoms in total. The van der Waals surface area contributed by atoms with E-state index in [-0.39, 0.29) is 24.0 Å². The first-order valence-electron chi connectivity index (χ1n) is 8.77. The molecule has 0 atom stereocenters. The van der Waals surface area contributed by atoms with Crippen LogP contribution in [0.25, 0.3) is 12.2 Å². The average Bonchev–Trinajstić information content (AvgIpc) is 2.62. The van der Waals surface area contributed by atoms with Crippen LogP contribution in [0.15, 0.2) is 42.7 Å². The van der Waals surface area contributed by atoms with E-state index in [4.69, 9.17) is 4.74 Å². The van der Waals surface area contributed by atoms with Crippen LogP contribution in [0.4, 0.5) is 0 Å². The molecule has 2 aromatic rings. The summed E-state index contributed by atoms with van der Waals surface area (Å²) in [4.78, 5) is 2.53. The molecule has 1 aliphatic rings. The fraction of sp³-hybridized carbons (Fsp3) is 0.381. The second-order valence-electron chi connectivity index (χ2n) is 6.54. The summed E-state index contributed by atoms with van der Waals surface area (Å²) in [5.41, 5.74) is 3.71. The van der Waals surface area contributed by atoms with Crippen molar-refractivity contribution in [2.75, 3.05) is 20.2 Å². The van der Waals surface area contributed by atoms with E-state index in [2.05, 4.69) is 59.8 Å². The maximum atomic E-state index is 5.56. The minimum atomic E-state index is 0. The molecule has 1 aromatic carbocycles.